The number of hydrogen-bond donors (Lipinski definition) is 4. The Kier molecular flexibility index (Phi) is 10.8. The molecule has 0 aromatic heterocycles. The third-order valence-corrected chi connectivity index (χ3v) is 8.36. The van der Waals surface area contributed by atoms with Gasteiger partial charge in [-0.3, -0.25) is 9.59 Å². The number of aliphatic hydroxyl groups excluding tert-OH is 2. The topological polar surface area (TPSA) is 132 Å². The maximum absolute atomic E-state index is 13.1. The lowest BCUT2D eigenvalue weighted by Crippen LogP contribution is -2.48. The summed E-state index contributed by atoms with van der Waals surface area (Å²) in [6, 6.07) is 19.2. The second-order valence-electron chi connectivity index (χ2n) is 12.0. The first-order valence-corrected chi connectivity index (χ1v) is 15.4. The van der Waals surface area contributed by atoms with Crippen LogP contribution in [0.15, 0.2) is 72.8 Å². The number of amides is 2. The molecule has 0 spiro atoms. The van der Waals surface area contributed by atoms with Gasteiger partial charge in [0.1, 0.15) is 11.8 Å². The average Bonchev–Trinajstić information content (AvgIpc) is 3.54. The molecular weight excluding hydrogens is 619 g/mol. The Balaban J connectivity index is 1.31. The molecule has 2 aliphatic rings. The van der Waals surface area contributed by atoms with Gasteiger partial charge in [-0.05, 0) is 60.8 Å². The molecule has 0 aliphatic carbocycles. The van der Waals surface area contributed by atoms with Gasteiger partial charge < -0.3 is 39.9 Å². The Morgan fingerprint density at radius 2 is 1.79 bits per heavy atom. The minimum absolute atomic E-state index is 0.0589. The summed E-state index contributed by atoms with van der Waals surface area (Å²) in [4.78, 5) is 27.4. The first-order valence-electron chi connectivity index (χ1n) is 15.4. The quantitative estimate of drug-likeness (QED) is 0.249. The summed E-state index contributed by atoms with van der Waals surface area (Å²) in [6.07, 6.45) is -6.70. The van der Waals surface area contributed by atoms with Crippen molar-refractivity contribution in [3.63, 3.8) is 0 Å². The van der Waals surface area contributed by atoms with Crippen LogP contribution in [0.1, 0.15) is 60.0 Å². The largest absolute Gasteiger partial charge is 0.508 e. The van der Waals surface area contributed by atoms with Crippen molar-refractivity contribution in [2.45, 2.75) is 62.7 Å². The molecule has 0 saturated carbocycles. The fourth-order valence-electron chi connectivity index (χ4n) is 6.02. The lowest BCUT2D eigenvalue weighted by atomic mass is 9.99. The van der Waals surface area contributed by atoms with E-state index in [-0.39, 0.29) is 44.4 Å². The number of phenolic OH excluding ortho intramolecular Hbond substituents is 1. The summed E-state index contributed by atoms with van der Waals surface area (Å²) in [7, 11) is 1.84. The van der Waals surface area contributed by atoms with Crippen molar-refractivity contribution >= 4 is 17.5 Å². The molecule has 5 atom stereocenters. The zero-order valence-corrected chi connectivity index (χ0v) is 25.8. The number of carbonyl (C=O) groups is 2. The summed E-state index contributed by atoms with van der Waals surface area (Å²) in [5.41, 5.74) is 3.05. The summed E-state index contributed by atoms with van der Waals surface area (Å²) in [5, 5.41) is 32.7. The van der Waals surface area contributed by atoms with Gasteiger partial charge in [0.2, 0.25) is 5.91 Å². The van der Waals surface area contributed by atoms with Gasteiger partial charge in [-0.2, -0.15) is 13.2 Å². The van der Waals surface area contributed by atoms with E-state index >= 15 is 0 Å². The van der Waals surface area contributed by atoms with Crippen LogP contribution in [0.4, 0.5) is 18.9 Å². The first-order chi connectivity index (χ1) is 22.4. The van der Waals surface area contributed by atoms with Crippen molar-refractivity contribution < 1.29 is 47.6 Å². The molecule has 0 bridgehead atoms. The van der Waals surface area contributed by atoms with E-state index in [9.17, 15) is 38.1 Å². The number of aliphatic hydroxyl groups is 2. The fraction of sp³-hybridized carbons (Fsp3) is 0.412. The van der Waals surface area contributed by atoms with E-state index in [2.05, 4.69) is 5.32 Å². The molecule has 252 valence electrons. The standard InChI is InChI=1S/C34H38F3N3O7/c1-39(19-29(43)23-5-3-8-26(42)16-23)18-27-17-30(22-12-10-21(20-41)11-13-22)47-32(46-27)24-6-2-7-25(15-24)38-31(44)28-9-4-14-40(28)33(45)34(35,36)37/h2-3,5-8,10-13,15-16,27-30,32,41-43H,4,9,14,17-20H2,1H3,(H,38,44)/t27-,28+,29-,30+,32+/m1/s1. The smallest absolute Gasteiger partial charge is 0.471 e. The van der Waals surface area contributed by atoms with Gasteiger partial charge in [0.15, 0.2) is 6.29 Å². The minimum atomic E-state index is -5.07. The van der Waals surface area contributed by atoms with Crippen molar-refractivity contribution in [1.82, 2.24) is 9.80 Å². The van der Waals surface area contributed by atoms with Gasteiger partial charge in [-0.25, -0.2) is 0 Å². The SMILES string of the molecule is CN(C[C@H]1C[C@@H](c2ccc(CO)cc2)O[C@@H](c2cccc(NC(=O)[C@@H]3CCCN3C(=O)C(F)(F)F)c2)O1)C[C@@H](O)c1cccc(O)c1. The van der Waals surface area contributed by atoms with Crippen molar-refractivity contribution in [3.8, 4) is 5.75 Å². The number of nitrogens with one attached hydrogen (secondary N) is 1. The normalized spacial score (nSPS) is 22.3. The van der Waals surface area contributed by atoms with E-state index in [1.165, 1.54) is 12.1 Å². The lowest BCUT2D eigenvalue weighted by molar-refractivity contribution is -0.252. The highest BCUT2D eigenvalue weighted by Gasteiger charge is 2.47. The molecule has 0 unspecified atom stereocenters. The number of alkyl halides is 3. The highest BCUT2D eigenvalue weighted by molar-refractivity contribution is 5.98. The van der Waals surface area contributed by atoms with E-state index in [0.717, 1.165) is 11.1 Å². The second kappa shape index (κ2) is 14.8. The number of carbonyl (C=O) groups excluding carboxylic acids is 2. The molecule has 2 aliphatic heterocycles. The van der Waals surface area contributed by atoms with Crippen molar-refractivity contribution in [2.24, 2.45) is 0 Å². The highest BCUT2D eigenvalue weighted by Crippen LogP contribution is 2.39. The van der Waals surface area contributed by atoms with Crippen LogP contribution in [0.2, 0.25) is 0 Å². The van der Waals surface area contributed by atoms with Crippen LogP contribution in [0.3, 0.4) is 0 Å². The molecule has 3 aromatic rings. The van der Waals surface area contributed by atoms with Crippen LogP contribution in [0, 0.1) is 0 Å². The van der Waals surface area contributed by atoms with Gasteiger partial charge in [-0.15, -0.1) is 0 Å². The zero-order valence-electron chi connectivity index (χ0n) is 25.8. The van der Waals surface area contributed by atoms with Crippen molar-refractivity contribution in [3.05, 3.63) is 95.1 Å². The van der Waals surface area contributed by atoms with Crippen molar-refractivity contribution in [2.75, 3.05) is 32.0 Å². The summed E-state index contributed by atoms with van der Waals surface area (Å²) >= 11 is 0. The third-order valence-electron chi connectivity index (χ3n) is 8.36. The van der Waals surface area contributed by atoms with E-state index in [4.69, 9.17) is 9.47 Å². The predicted octanol–water partition coefficient (Wildman–Crippen LogP) is 4.59. The molecule has 3 aromatic carbocycles. The molecule has 0 radical (unpaired) electrons. The van der Waals surface area contributed by atoms with Gasteiger partial charge in [-0.1, -0.05) is 48.5 Å². The summed E-state index contributed by atoms with van der Waals surface area (Å²) < 4.78 is 52.0. The number of rotatable bonds is 10. The van der Waals surface area contributed by atoms with E-state index < -0.39 is 42.5 Å². The predicted molar refractivity (Wildman–Crippen MR) is 165 cm³/mol. The van der Waals surface area contributed by atoms with Gasteiger partial charge in [0, 0.05) is 37.3 Å². The van der Waals surface area contributed by atoms with Gasteiger partial charge >= 0.3 is 12.1 Å². The maximum Gasteiger partial charge on any atom is 0.471 e. The number of likely N-dealkylation sites (tertiary alicyclic amines) is 1. The minimum Gasteiger partial charge on any atom is -0.508 e. The maximum atomic E-state index is 13.1. The number of benzene rings is 3. The zero-order chi connectivity index (χ0) is 33.7. The highest BCUT2D eigenvalue weighted by atomic mass is 19.4. The summed E-state index contributed by atoms with van der Waals surface area (Å²) in [5.74, 6) is -2.69. The number of hydrogen-bond acceptors (Lipinski definition) is 8. The molecule has 2 fully saturated rings. The molecule has 13 heteroatoms. The van der Waals surface area contributed by atoms with Crippen LogP contribution >= 0.6 is 0 Å². The van der Waals surface area contributed by atoms with Gasteiger partial charge in [0.05, 0.1) is 24.9 Å². The number of likely N-dealkylation sites (N-methyl/N-ethyl adjacent to an activating group) is 1. The van der Waals surface area contributed by atoms with E-state index in [0.29, 0.717) is 34.7 Å². The summed E-state index contributed by atoms with van der Waals surface area (Å²) in [6.45, 7) is 0.429. The fourth-order valence-corrected chi connectivity index (χ4v) is 6.02. The molecular formula is C34H38F3N3O7. The number of aromatic hydroxyl groups is 1. The number of nitrogens with zero attached hydrogens (tertiary/aromatic N) is 2. The third kappa shape index (κ3) is 8.67. The molecule has 10 nitrogen and oxygen atoms in total. The second-order valence-corrected chi connectivity index (χ2v) is 12.0. The molecule has 2 saturated heterocycles. The van der Waals surface area contributed by atoms with Crippen molar-refractivity contribution in [1.29, 1.82) is 0 Å². The number of halogens is 3. The van der Waals surface area contributed by atoms with E-state index in [1.54, 1.807) is 36.4 Å². The average molecular weight is 658 g/mol. The first kappa shape index (κ1) is 34.3. The Bertz CT molecular complexity index is 1540. The number of phenols is 1. The number of ether oxygens (including phenoxy) is 2. The molecule has 5 rings (SSSR count). The van der Waals surface area contributed by atoms with Crippen LogP contribution in [-0.2, 0) is 25.7 Å². The number of anilines is 1. The van der Waals surface area contributed by atoms with Crippen LogP contribution in [0.5, 0.6) is 5.75 Å². The molecule has 47 heavy (non-hydrogen) atoms. The van der Waals surface area contributed by atoms with Gasteiger partial charge in [0.25, 0.3) is 0 Å². The van der Waals surface area contributed by atoms with Crippen LogP contribution in [-0.4, -0.2) is 81.9 Å². The van der Waals surface area contributed by atoms with E-state index in [1.807, 2.05) is 36.2 Å². The monoisotopic (exact) mass is 657 g/mol. The Morgan fingerprint density at radius 3 is 2.49 bits per heavy atom. The Labute approximate surface area is 270 Å². The molecule has 4 N–H and O–H groups in total. The molecule has 2 heterocycles. The van der Waals surface area contributed by atoms with Crippen LogP contribution < -0.4 is 5.32 Å². The van der Waals surface area contributed by atoms with Crippen LogP contribution in [0.25, 0.3) is 0 Å². The lowest BCUT2D eigenvalue weighted by Gasteiger charge is -2.38. The Morgan fingerprint density at radius 1 is 1.04 bits per heavy atom. The Hall–Kier alpha value is -4.01. The molecule has 2 amide bonds.